The highest BCUT2D eigenvalue weighted by molar-refractivity contribution is 5.67. The largest absolute Gasteiger partial charge is 0.493 e. The van der Waals surface area contributed by atoms with E-state index in [9.17, 15) is 0 Å². The Balaban J connectivity index is 1.18. The lowest BCUT2D eigenvalue weighted by Crippen LogP contribution is -2.12. The van der Waals surface area contributed by atoms with Crippen LogP contribution in [0, 0.1) is 0 Å². The maximum atomic E-state index is 6.83. The molecule has 1 aliphatic carbocycles. The van der Waals surface area contributed by atoms with Gasteiger partial charge in [-0.3, -0.25) is 9.97 Å². The van der Waals surface area contributed by atoms with Crippen molar-refractivity contribution in [3.05, 3.63) is 165 Å². The van der Waals surface area contributed by atoms with E-state index in [4.69, 9.17) is 40.4 Å². The smallest absolute Gasteiger partial charge is 0.233 e. The Morgan fingerprint density at radius 1 is 0.395 bits per heavy atom. The van der Waals surface area contributed by atoms with Gasteiger partial charge in [0, 0.05) is 71.7 Å². The van der Waals surface area contributed by atoms with Crippen LogP contribution in [0.3, 0.4) is 0 Å². The van der Waals surface area contributed by atoms with Crippen molar-refractivity contribution >= 4 is 47.1 Å². The highest BCUT2D eigenvalue weighted by atomic mass is 16.5. The van der Waals surface area contributed by atoms with Crippen molar-refractivity contribution < 1.29 is 18.9 Å². The number of anilines is 8. The second-order valence-electron chi connectivity index (χ2n) is 18.4. The summed E-state index contributed by atoms with van der Waals surface area (Å²) in [6.07, 6.45) is 8.69. The van der Waals surface area contributed by atoms with Crippen molar-refractivity contribution in [2.75, 3.05) is 59.2 Å². The number of nitrogens with two attached hydrogens (primary N) is 2. The van der Waals surface area contributed by atoms with Gasteiger partial charge in [0.1, 0.15) is 23.0 Å². The van der Waals surface area contributed by atoms with Crippen molar-refractivity contribution in [1.29, 1.82) is 0 Å². The first-order chi connectivity index (χ1) is 37.2. The predicted octanol–water partition coefficient (Wildman–Crippen LogP) is 10.6. The number of fused-ring (bicyclic) bond motifs is 8. The number of pyridine rings is 2. The maximum absolute atomic E-state index is 6.83. The van der Waals surface area contributed by atoms with Gasteiger partial charge in [0.2, 0.25) is 35.7 Å². The molecule has 4 aromatic heterocycles. The first kappa shape index (κ1) is 52.1. The molecular weight excluding hydrogens is 957 g/mol. The molecule has 4 heterocycles. The summed E-state index contributed by atoms with van der Waals surface area (Å²) in [5.41, 5.74) is 23.6. The van der Waals surface area contributed by atoms with Crippen LogP contribution in [0.15, 0.2) is 109 Å². The van der Waals surface area contributed by atoms with Crippen LogP contribution in [0.4, 0.5) is 47.1 Å². The molecule has 392 valence electrons. The average molecular weight is 1020 g/mol. The number of nitrogen functional groups attached to an aromatic ring is 2. The van der Waals surface area contributed by atoms with Gasteiger partial charge in [-0.05, 0) is 96.5 Å². The number of hydrogen-bond acceptors (Lipinski definition) is 18. The van der Waals surface area contributed by atoms with Crippen LogP contribution >= 0.6 is 0 Å². The molecule has 1 aliphatic rings. The number of nitrogens with zero attached hydrogens (tertiary/aromatic N) is 8. The van der Waals surface area contributed by atoms with E-state index in [0.29, 0.717) is 77.1 Å². The Morgan fingerprint density at radius 3 is 1.04 bits per heavy atom. The van der Waals surface area contributed by atoms with Crippen LogP contribution in [0.5, 0.6) is 23.0 Å². The van der Waals surface area contributed by atoms with E-state index in [1.807, 2.05) is 36.4 Å². The number of para-hydroxylation sites is 2. The Morgan fingerprint density at radius 2 is 0.724 bits per heavy atom. The zero-order valence-electron chi connectivity index (χ0n) is 43.7. The number of aromatic nitrogens is 8. The van der Waals surface area contributed by atoms with Gasteiger partial charge in [0.15, 0.2) is 0 Å². The second kappa shape index (κ2) is 25.4. The standard InChI is InChI=1S/C58H66N14O4/c1-5-23-73-49-37-15-13-16-38(49)28-42-32-48(66-58-70-54(60)68-56(72-58)64-36-46-20-10-12-22-62-46)34-44(52(42)76-26-8-4)30-40-18-14-17-39(50(40)74-24-6-2)29-43-33-47(31-41(27-37)51(43)75-25-7-3)65-57-69-53(59)67-55(71-57)63-35-45-19-9-11-21-61-45/h9-22,31-34H,5-8,23-30,35-36H2,1-4H3,(H4,59,63,65,67,69,71)(H4,60,64,66,68,70,72). The predicted molar refractivity (Wildman–Crippen MR) is 298 cm³/mol. The van der Waals surface area contributed by atoms with E-state index in [0.717, 1.165) is 116 Å². The Hall–Kier alpha value is -8.80. The third-order valence-electron chi connectivity index (χ3n) is 12.3. The van der Waals surface area contributed by atoms with Gasteiger partial charge in [-0.15, -0.1) is 0 Å². The van der Waals surface area contributed by atoms with Gasteiger partial charge >= 0.3 is 0 Å². The van der Waals surface area contributed by atoms with Crippen molar-refractivity contribution in [1.82, 2.24) is 39.9 Å². The quantitative estimate of drug-likeness (QED) is 0.0370. The minimum absolute atomic E-state index is 0.0696. The zero-order chi connectivity index (χ0) is 52.6. The Bertz CT molecular complexity index is 2910. The molecule has 8 N–H and O–H groups in total. The minimum atomic E-state index is 0.0696. The van der Waals surface area contributed by atoms with Crippen molar-refractivity contribution in [2.45, 2.75) is 92.2 Å². The molecule has 0 spiro atoms. The summed E-state index contributed by atoms with van der Waals surface area (Å²) < 4.78 is 27.3. The van der Waals surface area contributed by atoms with Crippen LogP contribution in [-0.2, 0) is 38.8 Å². The summed E-state index contributed by atoms with van der Waals surface area (Å²) in [7, 11) is 0. The van der Waals surface area contributed by atoms with Gasteiger partial charge in [-0.2, -0.15) is 29.9 Å². The lowest BCUT2D eigenvalue weighted by atomic mass is 9.90. The van der Waals surface area contributed by atoms with Gasteiger partial charge < -0.3 is 51.7 Å². The average Bonchev–Trinajstić information content (AvgIpc) is 3.42. The molecule has 0 atom stereocenters. The summed E-state index contributed by atoms with van der Waals surface area (Å²) in [5, 5.41) is 13.5. The molecule has 0 saturated heterocycles. The minimum Gasteiger partial charge on any atom is -0.493 e. The van der Waals surface area contributed by atoms with Crippen molar-refractivity contribution in [3.63, 3.8) is 0 Å². The fraction of sp³-hybridized carbons (Fsp3) is 0.310. The van der Waals surface area contributed by atoms with Crippen LogP contribution < -0.4 is 51.7 Å². The van der Waals surface area contributed by atoms with Crippen LogP contribution in [-0.4, -0.2) is 66.3 Å². The molecule has 0 aliphatic heterocycles. The van der Waals surface area contributed by atoms with Gasteiger partial charge in [-0.25, -0.2) is 0 Å². The van der Waals surface area contributed by atoms with E-state index < -0.39 is 0 Å². The summed E-state index contributed by atoms with van der Waals surface area (Å²) in [4.78, 5) is 36.1. The second-order valence-corrected chi connectivity index (χ2v) is 18.4. The molecule has 9 rings (SSSR count). The van der Waals surface area contributed by atoms with Crippen LogP contribution in [0.2, 0.25) is 0 Å². The first-order valence-corrected chi connectivity index (χ1v) is 26.1. The molecule has 18 nitrogen and oxygen atoms in total. The number of ether oxygens (including phenoxy) is 4. The van der Waals surface area contributed by atoms with E-state index in [1.165, 1.54) is 0 Å². The van der Waals surface area contributed by atoms with Gasteiger partial charge in [0.25, 0.3) is 0 Å². The van der Waals surface area contributed by atoms with Crippen molar-refractivity contribution in [3.8, 4) is 23.0 Å². The Kier molecular flexibility index (Phi) is 17.4. The van der Waals surface area contributed by atoms with Gasteiger partial charge in [0.05, 0.1) is 50.9 Å². The maximum Gasteiger partial charge on any atom is 0.233 e. The molecule has 0 amide bonds. The zero-order valence-corrected chi connectivity index (χ0v) is 43.7. The van der Waals surface area contributed by atoms with E-state index in [2.05, 4.69) is 140 Å². The first-order valence-electron chi connectivity index (χ1n) is 26.1. The van der Waals surface area contributed by atoms with Gasteiger partial charge in [-0.1, -0.05) is 76.2 Å². The lowest BCUT2D eigenvalue weighted by molar-refractivity contribution is 0.304. The third kappa shape index (κ3) is 13.5. The third-order valence-corrected chi connectivity index (χ3v) is 12.3. The van der Waals surface area contributed by atoms with E-state index in [1.54, 1.807) is 12.4 Å². The topological polar surface area (TPSA) is 240 Å². The molecule has 0 unspecified atom stereocenters. The SMILES string of the molecule is CCCOc1c2cccc1Cc1cc(Nc3nc(N)nc(NCc4ccccn4)n3)cc(c1OCCC)Cc1cccc(c1OCCC)Cc1cc(Nc3nc(N)nc(NCc4ccccn4)n3)cc(c1OCCC)C2. The van der Waals surface area contributed by atoms with E-state index in [-0.39, 0.29) is 23.8 Å². The normalized spacial score (nSPS) is 11.8. The molecule has 0 radical (unpaired) electrons. The van der Waals surface area contributed by atoms with Crippen LogP contribution in [0.25, 0.3) is 0 Å². The van der Waals surface area contributed by atoms with E-state index >= 15 is 0 Å². The summed E-state index contributed by atoms with van der Waals surface area (Å²) >= 11 is 0. The lowest BCUT2D eigenvalue weighted by Gasteiger charge is -2.24. The molecule has 8 bridgehead atoms. The monoisotopic (exact) mass is 1020 g/mol. The summed E-state index contributed by atoms with van der Waals surface area (Å²) in [5.74, 6) is 4.57. The van der Waals surface area contributed by atoms with Crippen LogP contribution in [0.1, 0.15) is 109 Å². The summed E-state index contributed by atoms with van der Waals surface area (Å²) in [6.45, 7) is 11.4. The molecule has 0 fully saturated rings. The molecule has 8 aromatic rings. The highest BCUT2D eigenvalue weighted by Crippen LogP contribution is 2.42. The molecular formula is C58H66N14O4. The molecule has 4 aromatic carbocycles. The number of hydrogen-bond donors (Lipinski definition) is 6. The number of rotatable bonds is 22. The highest BCUT2D eigenvalue weighted by Gasteiger charge is 2.24. The molecule has 0 saturated carbocycles. The number of benzene rings is 4. The van der Waals surface area contributed by atoms with Crippen molar-refractivity contribution in [2.24, 2.45) is 0 Å². The molecule has 18 heteroatoms. The Labute approximate surface area is 443 Å². The number of nitrogens with one attached hydrogen (secondary N) is 4. The fourth-order valence-corrected chi connectivity index (χ4v) is 9.05. The summed E-state index contributed by atoms with van der Waals surface area (Å²) in [6, 6.07) is 32.6. The molecule has 76 heavy (non-hydrogen) atoms. The fourth-order valence-electron chi connectivity index (χ4n) is 9.05.